The lowest BCUT2D eigenvalue weighted by Crippen LogP contribution is -2.27. The number of carbonyl (C=O) groups is 1. The summed E-state index contributed by atoms with van der Waals surface area (Å²) in [5.74, 6) is 0.522. The number of carbonyl (C=O) groups excluding carboxylic acids is 1. The Morgan fingerprint density at radius 1 is 1.41 bits per heavy atom. The van der Waals surface area contributed by atoms with Crippen molar-refractivity contribution in [1.82, 2.24) is 15.0 Å². The third kappa shape index (κ3) is 4.31. The van der Waals surface area contributed by atoms with Gasteiger partial charge in [0.05, 0.1) is 12.2 Å². The average Bonchev–Trinajstić information content (AvgIpc) is 2.93. The number of amides is 1. The Morgan fingerprint density at radius 2 is 2.23 bits per heavy atom. The lowest BCUT2D eigenvalue weighted by Gasteiger charge is -2.08. The number of nitrogens with zero attached hydrogens (tertiary/aromatic N) is 2. The quantitative estimate of drug-likeness (QED) is 0.846. The highest BCUT2D eigenvalue weighted by Crippen LogP contribution is 2.05. The van der Waals surface area contributed by atoms with Crippen molar-refractivity contribution in [1.29, 1.82) is 0 Å². The molecule has 0 aromatic carbocycles. The van der Waals surface area contributed by atoms with Gasteiger partial charge in [0, 0.05) is 30.8 Å². The van der Waals surface area contributed by atoms with Gasteiger partial charge in [-0.25, -0.2) is 0 Å². The van der Waals surface area contributed by atoms with E-state index < -0.39 is 0 Å². The first kappa shape index (κ1) is 16.0. The number of nitrogens with one attached hydrogen (secondary N) is 1. The van der Waals surface area contributed by atoms with Crippen LogP contribution in [0.2, 0.25) is 0 Å². The molecule has 0 aliphatic rings. The van der Waals surface area contributed by atoms with Crippen molar-refractivity contribution >= 4 is 5.91 Å². The molecule has 0 aliphatic heterocycles. The summed E-state index contributed by atoms with van der Waals surface area (Å²) in [6.45, 7) is 4.61. The molecule has 1 N–H and O–H groups in total. The standard InChI is InChI=1S/C16H21N3O3/c1-3-5-13-10-14(22-18-13)11-17-15(20)8-9-19-12(2)6-4-7-16(19)21/h4,6-7,10H,3,5,8-9,11H2,1-2H3,(H,17,20). The lowest BCUT2D eigenvalue weighted by atomic mass is 10.2. The maximum absolute atomic E-state index is 11.9. The Bertz CT molecular complexity index is 688. The number of aryl methyl sites for hydroxylation is 2. The molecule has 2 heterocycles. The van der Waals surface area contributed by atoms with Gasteiger partial charge < -0.3 is 14.4 Å². The summed E-state index contributed by atoms with van der Waals surface area (Å²) in [6.07, 6.45) is 2.12. The van der Waals surface area contributed by atoms with Crippen LogP contribution in [0, 0.1) is 6.92 Å². The zero-order valence-corrected chi connectivity index (χ0v) is 13.0. The molecule has 0 atom stereocenters. The predicted octanol–water partition coefficient (Wildman–Crippen LogP) is 1.80. The predicted molar refractivity (Wildman–Crippen MR) is 82.4 cm³/mol. The van der Waals surface area contributed by atoms with Crippen LogP contribution in [0.15, 0.2) is 33.6 Å². The first-order valence-corrected chi connectivity index (χ1v) is 7.47. The number of hydrogen-bond acceptors (Lipinski definition) is 4. The second-order valence-corrected chi connectivity index (χ2v) is 5.22. The van der Waals surface area contributed by atoms with E-state index in [1.54, 1.807) is 10.6 Å². The van der Waals surface area contributed by atoms with E-state index in [-0.39, 0.29) is 17.9 Å². The monoisotopic (exact) mass is 303 g/mol. The minimum absolute atomic E-state index is 0.0905. The molecule has 0 unspecified atom stereocenters. The van der Waals surface area contributed by atoms with Gasteiger partial charge in [0.25, 0.3) is 5.56 Å². The van der Waals surface area contributed by atoms with Crippen LogP contribution in [0.4, 0.5) is 0 Å². The van der Waals surface area contributed by atoms with Gasteiger partial charge >= 0.3 is 0 Å². The molecule has 1 amide bonds. The van der Waals surface area contributed by atoms with E-state index in [2.05, 4.69) is 17.4 Å². The molecular weight excluding hydrogens is 282 g/mol. The molecule has 0 aliphatic carbocycles. The van der Waals surface area contributed by atoms with E-state index in [1.807, 2.05) is 19.1 Å². The fourth-order valence-electron chi connectivity index (χ4n) is 2.21. The molecule has 118 valence electrons. The largest absolute Gasteiger partial charge is 0.359 e. The summed E-state index contributed by atoms with van der Waals surface area (Å²) >= 11 is 0. The van der Waals surface area contributed by atoms with Crippen LogP contribution in [0.5, 0.6) is 0 Å². The van der Waals surface area contributed by atoms with Crippen molar-refractivity contribution in [2.45, 2.75) is 46.2 Å². The topological polar surface area (TPSA) is 77.1 Å². The van der Waals surface area contributed by atoms with Crippen molar-refractivity contribution in [2.75, 3.05) is 0 Å². The molecule has 0 radical (unpaired) electrons. The zero-order valence-electron chi connectivity index (χ0n) is 13.0. The van der Waals surface area contributed by atoms with Crippen molar-refractivity contribution in [3.05, 3.63) is 51.8 Å². The molecule has 2 rings (SSSR count). The fourth-order valence-corrected chi connectivity index (χ4v) is 2.21. The summed E-state index contributed by atoms with van der Waals surface area (Å²) < 4.78 is 6.74. The first-order valence-electron chi connectivity index (χ1n) is 7.47. The highest BCUT2D eigenvalue weighted by atomic mass is 16.5. The van der Waals surface area contributed by atoms with Gasteiger partial charge in [0.15, 0.2) is 5.76 Å². The highest BCUT2D eigenvalue weighted by Gasteiger charge is 2.07. The van der Waals surface area contributed by atoms with Gasteiger partial charge in [-0.3, -0.25) is 9.59 Å². The summed E-state index contributed by atoms with van der Waals surface area (Å²) in [6, 6.07) is 6.92. The van der Waals surface area contributed by atoms with E-state index in [1.165, 1.54) is 6.07 Å². The van der Waals surface area contributed by atoms with Gasteiger partial charge in [-0.15, -0.1) is 0 Å². The zero-order chi connectivity index (χ0) is 15.9. The molecule has 6 nitrogen and oxygen atoms in total. The van der Waals surface area contributed by atoms with E-state index >= 15 is 0 Å². The van der Waals surface area contributed by atoms with Gasteiger partial charge in [-0.05, 0) is 19.4 Å². The van der Waals surface area contributed by atoms with Crippen LogP contribution in [-0.2, 0) is 24.3 Å². The van der Waals surface area contributed by atoms with Gasteiger partial charge in [0.1, 0.15) is 0 Å². The molecule has 0 saturated carbocycles. The van der Waals surface area contributed by atoms with Crippen molar-refractivity contribution in [2.24, 2.45) is 0 Å². The Morgan fingerprint density at radius 3 is 2.95 bits per heavy atom. The third-order valence-electron chi connectivity index (χ3n) is 3.40. The first-order chi connectivity index (χ1) is 10.6. The van der Waals surface area contributed by atoms with E-state index in [9.17, 15) is 9.59 Å². The second-order valence-electron chi connectivity index (χ2n) is 5.22. The van der Waals surface area contributed by atoms with Crippen LogP contribution in [0.25, 0.3) is 0 Å². The molecular formula is C16H21N3O3. The van der Waals surface area contributed by atoms with Gasteiger partial charge in [0.2, 0.25) is 5.91 Å². The van der Waals surface area contributed by atoms with Crippen LogP contribution < -0.4 is 10.9 Å². The molecule has 0 spiro atoms. The van der Waals surface area contributed by atoms with Crippen molar-refractivity contribution in [3.63, 3.8) is 0 Å². The van der Waals surface area contributed by atoms with Crippen LogP contribution >= 0.6 is 0 Å². The number of pyridine rings is 1. The summed E-state index contributed by atoms with van der Waals surface area (Å²) in [4.78, 5) is 23.6. The van der Waals surface area contributed by atoms with E-state index in [4.69, 9.17) is 4.52 Å². The molecule has 0 bridgehead atoms. The van der Waals surface area contributed by atoms with Crippen molar-refractivity contribution < 1.29 is 9.32 Å². The van der Waals surface area contributed by atoms with Crippen LogP contribution in [0.1, 0.15) is 36.9 Å². The second kappa shape index (κ2) is 7.59. The molecule has 0 saturated heterocycles. The van der Waals surface area contributed by atoms with Crippen LogP contribution in [0.3, 0.4) is 0 Å². The highest BCUT2D eigenvalue weighted by molar-refractivity contribution is 5.75. The smallest absolute Gasteiger partial charge is 0.250 e. The molecule has 2 aromatic heterocycles. The number of rotatable bonds is 7. The Balaban J connectivity index is 1.81. The SMILES string of the molecule is CCCc1cc(CNC(=O)CCn2c(C)cccc2=O)on1. The fraction of sp³-hybridized carbons (Fsp3) is 0.438. The molecule has 2 aromatic rings. The summed E-state index contributed by atoms with van der Waals surface area (Å²) in [5, 5.41) is 6.70. The summed E-state index contributed by atoms with van der Waals surface area (Å²) in [5.41, 5.74) is 1.66. The lowest BCUT2D eigenvalue weighted by molar-refractivity contribution is -0.121. The summed E-state index contributed by atoms with van der Waals surface area (Å²) in [7, 11) is 0. The third-order valence-corrected chi connectivity index (χ3v) is 3.40. The number of hydrogen-bond donors (Lipinski definition) is 1. The Kier molecular flexibility index (Phi) is 5.52. The molecule has 6 heteroatoms. The molecule has 0 fully saturated rings. The normalized spacial score (nSPS) is 10.6. The Labute approximate surface area is 129 Å². The van der Waals surface area contributed by atoms with Crippen molar-refractivity contribution in [3.8, 4) is 0 Å². The number of aromatic nitrogens is 2. The maximum atomic E-state index is 11.9. The van der Waals surface area contributed by atoms with E-state index in [0.29, 0.717) is 18.8 Å². The van der Waals surface area contributed by atoms with E-state index in [0.717, 1.165) is 24.2 Å². The van der Waals surface area contributed by atoms with Gasteiger partial charge in [-0.1, -0.05) is 24.6 Å². The maximum Gasteiger partial charge on any atom is 0.250 e. The minimum atomic E-state index is -0.122. The van der Waals surface area contributed by atoms with Crippen LogP contribution in [-0.4, -0.2) is 15.6 Å². The average molecular weight is 303 g/mol. The Hall–Kier alpha value is -2.37. The van der Waals surface area contributed by atoms with Gasteiger partial charge in [-0.2, -0.15) is 0 Å². The minimum Gasteiger partial charge on any atom is -0.359 e. The molecule has 22 heavy (non-hydrogen) atoms.